The highest BCUT2D eigenvalue weighted by Crippen LogP contribution is 2.33. The highest BCUT2D eigenvalue weighted by Gasteiger charge is 2.24. The zero-order chi connectivity index (χ0) is 20.3. The number of hydrogen-bond acceptors (Lipinski definition) is 5. The number of carbonyl (C=O) groups excluding carboxylic acids is 1. The lowest BCUT2D eigenvalue weighted by atomic mass is 10.1. The predicted molar refractivity (Wildman–Crippen MR) is 116 cm³/mol. The van der Waals surface area contributed by atoms with E-state index >= 15 is 0 Å². The fourth-order valence-corrected chi connectivity index (χ4v) is 4.69. The molecule has 0 aliphatic rings. The maximum atomic E-state index is 13.3. The summed E-state index contributed by atoms with van der Waals surface area (Å²) in [6, 6.07) is 7.28. The van der Waals surface area contributed by atoms with Gasteiger partial charge in [0.15, 0.2) is 0 Å². The normalized spacial score (nSPS) is 12.8. The first-order valence-corrected chi connectivity index (χ1v) is 10.7. The van der Waals surface area contributed by atoms with Gasteiger partial charge < -0.3 is 10.2 Å². The van der Waals surface area contributed by atoms with Crippen LogP contribution in [0, 0.1) is 6.92 Å². The summed E-state index contributed by atoms with van der Waals surface area (Å²) in [4.78, 5) is 28.3. The molecule has 3 aromatic rings. The number of fused-ring (bicyclic) bond motifs is 3. The van der Waals surface area contributed by atoms with E-state index in [-0.39, 0.29) is 11.5 Å². The molecule has 0 fully saturated rings. The lowest BCUT2D eigenvalue weighted by Crippen LogP contribution is -2.41. The van der Waals surface area contributed by atoms with E-state index in [1.165, 1.54) is 4.68 Å². The molecule has 0 aliphatic heterocycles. The van der Waals surface area contributed by atoms with Crippen LogP contribution < -0.4 is 10.9 Å². The molecule has 0 spiro atoms. The molecule has 2 heterocycles. The van der Waals surface area contributed by atoms with Crippen LogP contribution in [0.4, 0.5) is 0 Å². The maximum Gasteiger partial charge on any atom is 0.276 e. The van der Waals surface area contributed by atoms with Gasteiger partial charge in [-0.1, -0.05) is 39.0 Å². The first kappa shape index (κ1) is 20.5. The van der Waals surface area contributed by atoms with E-state index in [4.69, 9.17) is 0 Å². The summed E-state index contributed by atoms with van der Waals surface area (Å²) >= 11 is 1.58. The van der Waals surface area contributed by atoms with Gasteiger partial charge in [-0.25, -0.2) is 4.68 Å². The Balaban J connectivity index is 1.94. The van der Waals surface area contributed by atoms with Crippen molar-refractivity contribution in [3.05, 3.63) is 40.3 Å². The number of nitrogens with one attached hydrogen (secondary N) is 1. The van der Waals surface area contributed by atoms with Gasteiger partial charge in [-0.3, -0.25) is 9.59 Å². The van der Waals surface area contributed by atoms with Crippen LogP contribution in [0.15, 0.2) is 29.1 Å². The molecule has 28 heavy (non-hydrogen) atoms. The fraction of sp³-hybridized carbons (Fsp3) is 0.476. The van der Waals surface area contributed by atoms with Gasteiger partial charge >= 0.3 is 0 Å². The number of aromatic nitrogens is 2. The molecule has 0 saturated carbocycles. The van der Waals surface area contributed by atoms with E-state index in [1.807, 2.05) is 38.1 Å². The Morgan fingerprint density at radius 2 is 1.96 bits per heavy atom. The van der Waals surface area contributed by atoms with Gasteiger partial charge in [0.25, 0.3) is 5.56 Å². The quantitative estimate of drug-likeness (QED) is 0.630. The SMILES string of the molecule is CCC(C(=O)NCCN(CC)CC)n1nc(C)c2sc3ccccc3c2c1=O. The molecule has 3 rings (SSSR count). The minimum absolute atomic E-state index is 0.150. The zero-order valence-corrected chi connectivity index (χ0v) is 17.8. The van der Waals surface area contributed by atoms with E-state index in [9.17, 15) is 9.59 Å². The molecule has 0 aliphatic carbocycles. The van der Waals surface area contributed by atoms with Crippen molar-refractivity contribution < 1.29 is 4.79 Å². The number of nitrogens with zero attached hydrogens (tertiary/aromatic N) is 3. The molecular weight excluding hydrogens is 372 g/mol. The molecule has 1 amide bonds. The van der Waals surface area contributed by atoms with Gasteiger partial charge in [0.05, 0.1) is 15.8 Å². The Hall–Kier alpha value is -2.25. The van der Waals surface area contributed by atoms with Crippen molar-refractivity contribution in [2.24, 2.45) is 0 Å². The molecule has 1 N–H and O–H groups in total. The number of benzene rings is 1. The smallest absolute Gasteiger partial charge is 0.276 e. The third-order valence-corrected chi connectivity index (χ3v) is 6.49. The van der Waals surface area contributed by atoms with Crippen molar-refractivity contribution in [1.82, 2.24) is 20.0 Å². The number of thiophene rings is 1. The molecule has 6 nitrogen and oxygen atoms in total. The van der Waals surface area contributed by atoms with Crippen molar-refractivity contribution in [3.63, 3.8) is 0 Å². The van der Waals surface area contributed by atoms with Gasteiger partial charge in [0, 0.05) is 23.2 Å². The summed E-state index contributed by atoms with van der Waals surface area (Å²) in [6.45, 7) is 11.3. The molecule has 1 atom stereocenters. The Kier molecular flexibility index (Phi) is 6.46. The summed E-state index contributed by atoms with van der Waals surface area (Å²) in [5.74, 6) is -0.150. The minimum Gasteiger partial charge on any atom is -0.353 e. The second kappa shape index (κ2) is 8.84. The van der Waals surface area contributed by atoms with Crippen molar-refractivity contribution in [3.8, 4) is 0 Å². The van der Waals surface area contributed by atoms with Crippen LogP contribution in [0.1, 0.15) is 38.9 Å². The highest BCUT2D eigenvalue weighted by atomic mass is 32.1. The van der Waals surface area contributed by atoms with Crippen LogP contribution in [-0.4, -0.2) is 46.8 Å². The van der Waals surface area contributed by atoms with Gasteiger partial charge in [0.1, 0.15) is 6.04 Å². The second-order valence-electron chi connectivity index (χ2n) is 6.88. The summed E-state index contributed by atoms with van der Waals surface area (Å²) in [5.41, 5.74) is 0.592. The standard InChI is InChI=1S/C21H28N4O2S/c1-5-16(20(26)22-12-13-24(6-2)7-3)25-21(27)18-15-10-8-9-11-17(15)28-19(18)14(4)23-25/h8-11,16H,5-7,12-13H2,1-4H3,(H,22,26). The largest absolute Gasteiger partial charge is 0.353 e. The lowest BCUT2D eigenvalue weighted by molar-refractivity contribution is -0.124. The van der Waals surface area contributed by atoms with Gasteiger partial charge in [-0.05, 0) is 32.5 Å². The number of rotatable bonds is 8. The molecule has 1 unspecified atom stereocenters. The molecule has 7 heteroatoms. The van der Waals surface area contributed by atoms with Gasteiger partial charge in [0.2, 0.25) is 5.91 Å². The van der Waals surface area contributed by atoms with Crippen molar-refractivity contribution in [2.45, 2.75) is 40.2 Å². The summed E-state index contributed by atoms with van der Waals surface area (Å²) in [7, 11) is 0. The van der Waals surface area contributed by atoms with Crippen LogP contribution in [0.3, 0.4) is 0 Å². The van der Waals surface area contributed by atoms with E-state index in [2.05, 4.69) is 29.2 Å². The molecule has 1 aromatic carbocycles. The average molecular weight is 401 g/mol. The summed E-state index contributed by atoms with van der Waals surface area (Å²) in [5, 5.41) is 9.09. The minimum atomic E-state index is -0.606. The second-order valence-corrected chi connectivity index (χ2v) is 7.93. The van der Waals surface area contributed by atoms with Crippen molar-refractivity contribution in [1.29, 1.82) is 0 Å². The zero-order valence-electron chi connectivity index (χ0n) is 17.0. The third kappa shape index (κ3) is 3.82. The van der Waals surface area contributed by atoms with Crippen LogP contribution in [0.2, 0.25) is 0 Å². The van der Waals surface area contributed by atoms with E-state index in [0.717, 1.165) is 40.1 Å². The fourth-order valence-electron chi connectivity index (χ4n) is 3.56. The maximum absolute atomic E-state index is 13.3. The molecular formula is C21H28N4O2S. The Morgan fingerprint density at radius 1 is 1.25 bits per heavy atom. The van der Waals surface area contributed by atoms with Crippen molar-refractivity contribution in [2.75, 3.05) is 26.2 Å². The first-order chi connectivity index (χ1) is 13.5. The molecule has 0 bridgehead atoms. The summed E-state index contributed by atoms with van der Waals surface area (Å²) < 4.78 is 3.34. The highest BCUT2D eigenvalue weighted by molar-refractivity contribution is 7.26. The number of carbonyl (C=O) groups is 1. The molecule has 0 radical (unpaired) electrons. The monoisotopic (exact) mass is 400 g/mol. The van der Waals surface area contributed by atoms with Crippen LogP contribution >= 0.6 is 11.3 Å². The molecule has 150 valence electrons. The molecule has 0 saturated heterocycles. The lowest BCUT2D eigenvalue weighted by Gasteiger charge is -2.20. The van der Waals surface area contributed by atoms with Crippen LogP contribution in [0.5, 0.6) is 0 Å². The number of amides is 1. The van der Waals surface area contributed by atoms with E-state index < -0.39 is 6.04 Å². The number of aryl methyl sites for hydroxylation is 1. The molecule has 2 aromatic heterocycles. The first-order valence-electron chi connectivity index (χ1n) is 9.92. The predicted octanol–water partition coefficient (Wildman–Crippen LogP) is 3.33. The van der Waals surface area contributed by atoms with Crippen LogP contribution in [-0.2, 0) is 4.79 Å². The van der Waals surface area contributed by atoms with Gasteiger partial charge in [-0.15, -0.1) is 11.3 Å². The number of hydrogen-bond donors (Lipinski definition) is 1. The summed E-state index contributed by atoms with van der Waals surface area (Å²) in [6.07, 6.45) is 0.511. The van der Waals surface area contributed by atoms with E-state index in [1.54, 1.807) is 11.3 Å². The van der Waals surface area contributed by atoms with Gasteiger partial charge in [-0.2, -0.15) is 5.10 Å². The average Bonchev–Trinajstić information content (AvgIpc) is 3.10. The Bertz CT molecular complexity index is 1040. The topological polar surface area (TPSA) is 67.2 Å². The number of likely N-dealkylation sites (N-methyl/N-ethyl adjacent to an activating group) is 1. The van der Waals surface area contributed by atoms with Crippen molar-refractivity contribution >= 4 is 37.4 Å². The Labute approximate surface area is 169 Å². The van der Waals surface area contributed by atoms with E-state index in [0.29, 0.717) is 18.4 Å². The third-order valence-electron chi connectivity index (χ3n) is 5.21. The van der Waals surface area contributed by atoms with Crippen LogP contribution in [0.25, 0.3) is 20.2 Å². The Morgan fingerprint density at radius 3 is 2.64 bits per heavy atom.